The van der Waals surface area contributed by atoms with Crippen LogP contribution in [0.25, 0.3) is 38.5 Å². The molecule has 6 aromatic carbocycles. The highest BCUT2D eigenvalue weighted by molar-refractivity contribution is 6.14. The van der Waals surface area contributed by atoms with Gasteiger partial charge in [0, 0.05) is 55.7 Å². The molecular weight excluding hydrogens is 637 g/mol. The first-order valence-corrected chi connectivity index (χ1v) is 17.0. The van der Waals surface area contributed by atoms with E-state index in [-0.39, 0.29) is 17.5 Å². The number of halogens is 2. The van der Waals surface area contributed by atoms with Gasteiger partial charge in [-0.2, -0.15) is 0 Å². The van der Waals surface area contributed by atoms with Crippen LogP contribution in [0.15, 0.2) is 158 Å². The summed E-state index contributed by atoms with van der Waals surface area (Å²) in [6, 6.07) is 47.5. The third-order valence-electron chi connectivity index (χ3n) is 10.4. The number of H-pyrrole nitrogens is 1. The minimum atomic E-state index is -0.983. The van der Waals surface area contributed by atoms with E-state index >= 15 is 8.78 Å². The molecule has 0 saturated heterocycles. The van der Waals surface area contributed by atoms with Crippen molar-refractivity contribution in [3.05, 3.63) is 209 Å². The summed E-state index contributed by atoms with van der Waals surface area (Å²) in [6.07, 6.45) is 2.18. The third-order valence-corrected chi connectivity index (χ3v) is 10.4. The smallest absolute Gasteiger partial charge is 0.254 e. The number of amides is 1. The summed E-state index contributed by atoms with van der Waals surface area (Å²) in [7, 11) is 0. The molecule has 244 valence electrons. The molecule has 4 nitrogen and oxygen atoms in total. The van der Waals surface area contributed by atoms with Gasteiger partial charge in [0.2, 0.25) is 0 Å². The number of nitrogens with one attached hydrogen (secondary N) is 2. The Kier molecular flexibility index (Phi) is 6.33. The van der Waals surface area contributed by atoms with Crippen molar-refractivity contribution in [2.45, 2.75) is 11.6 Å². The van der Waals surface area contributed by atoms with Gasteiger partial charge < -0.3 is 14.9 Å². The highest BCUT2D eigenvalue weighted by atomic mass is 19.1. The van der Waals surface area contributed by atoms with E-state index in [0.717, 1.165) is 61.0 Å². The van der Waals surface area contributed by atoms with Crippen molar-refractivity contribution in [1.82, 2.24) is 14.9 Å². The Morgan fingerprint density at radius 3 is 2.02 bits per heavy atom. The maximum atomic E-state index is 15.0. The van der Waals surface area contributed by atoms with Crippen molar-refractivity contribution in [3.63, 3.8) is 0 Å². The van der Waals surface area contributed by atoms with Gasteiger partial charge >= 0.3 is 0 Å². The monoisotopic (exact) mass is 665 g/mol. The van der Waals surface area contributed by atoms with Crippen LogP contribution in [-0.2, 0) is 5.66 Å². The van der Waals surface area contributed by atoms with Gasteiger partial charge in [0.1, 0.15) is 11.6 Å². The van der Waals surface area contributed by atoms with E-state index in [1.54, 1.807) is 12.1 Å². The molecule has 0 saturated carbocycles. The third kappa shape index (κ3) is 4.26. The van der Waals surface area contributed by atoms with Gasteiger partial charge in [0.05, 0.1) is 11.2 Å². The molecule has 8 aromatic rings. The SMILES string of the molecule is O=C1NC2(C=C(c3ccccc3)c3c(-c4c(C(c5cccc(F)c5)c5cccc(F)c5)[nH]c5ccccc45)c4ccccc4n32)c2ccccc21. The maximum absolute atomic E-state index is 15.0. The zero-order valence-corrected chi connectivity index (χ0v) is 27.2. The molecule has 1 amide bonds. The Morgan fingerprint density at radius 2 is 1.27 bits per heavy atom. The molecular formula is C45H29F2N3O. The summed E-state index contributed by atoms with van der Waals surface area (Å²) < 4.78 is 32.3. The summed E-state index contributed by atoms with van der Waals surface area (Å²) >= 11 is 0. The second-order valence-corrected chi connectivity index (χ2v) is 13.3. The van der Waals surface area contributed by atoms with E-state index in [4.69, 9.17) is 0 Å². The Bertz CT molecular complexity index is 2690. The van der Waals surface area contributed by atoms with Crippen molar-refractivity contribution in [3.8, 4) is 11.1 Å². The normalized spacial score (nSPS) is 16.2. The quantitative estimate of drug-likeness (QED) is 0.189. The standard InChI is InChI=1S/C45H29F2N3O/c46-30-16-10-14-28(24-30)39(29-15-11-17-31(47)25-29)42-40(33-19-5-8-22-37(33)48-42)41-34-20-6-9-23-38(34)50-43(41)35(27-12-2-1-3-13-27)26-45(50)36-21-7-4-18-32(36)44(51)49-45/h1-26,39,48H,(H,49,51). The molecule has 10 rings (SSSR count). The van der Waals surface area contributed by atoms with Gasteiger partial charge in [-0.3, -0.25) is 4.79 Å². The number of carbonyl (C=O) groups is 1. The number of aromatic nitrogens is 2. The average Bonchev–Trinajstić information content (AvgIpc) is 3.87. The predicted molar refractivity (Wildman–Crippen MR) is 197 cm³/mol. The number of hydrogen-bond donors (Lipinski definition) is 2. The molecule has 2 aliphatic heterocycles. The summed E-state index contributed by atoms with van der Waals surface area (Å²) in [6.45, 7) is 0. The first kappa shape index (κ1) is 29.4. The molecule has 6 heteroatoms. The molecule has 2 aliphatic rings. The highest BCUT2D eigenvalue weighted by Gasteiger charge is 2.50. The largest absolute Gasteiger partial charge is 0.357 e. The molecule has 0 radical (unpaired) electrons. The fraction of sp³-hybridized carbons (Fsp3) is 0.0444. The van der Waals surface area contributed by atoms with Gasteiger partial charge in [-0.05, 0) is 65.2 Å². The Labute approximate surface area is 292 Å². The van der Waals surface area contributed by atoms with E-state index in [1.165, 1.54) is 24.3 Å². The van der Waals surface area contributed by atoms with Crippen LogP contribution in [0.3, 0.4) is 0 Å². The molecule has 4 heterocycles. The van der Waals surface area contributed by atoms with Crippen LogP contribution >= 0.6 is 0 Å². The first-order chi connectivity index (χ1) is 25.0. The Morgan fingerprint density at radius 1 is 0.627 bits per heavy atom. The second kappa shape index (κ2) is 11.0. The predicted octanol–water partition coefficient (Wildman–Crippen LogP) is 10.1. The van der Waals surface area contributed by atoms with Crippen LogP contribution in [0, 0.1) is 11.6 Å². The van der Waals surface area contributed by atoms with E-state index in [2.05, 4.69) is 51.3 Å². The molecule has 0 bridgehead atoms. The minimum absolute atomic E-state index is 0.133. The number of para-hydroxylation sites is 2. The van der Waals surface area contributed by atoms with Gasteiger partial charge in [-0.1, -0.05) is 109 Å². The van der Waals surface area contributed by atoms with Gasteiger partial charge in [0.15, 0.2) is 5.66 Å². The molecule has 1 spiro atoms. The Balaban J connectivity index is 1.37. The molecule has 1 unspecified atom stereocenters. The molecule has 51 heavy (non-hydrogen) atoms. The van der Waals surface area contributed by atoms with Crippen LogP contribution in [0.1, 0.15) is 49.9 Å². The van der Waals surface area contributed by atoms with Crippen LogP contribution in [0.2, 0.25) is 0 Å². The first-order valence-electron chi connectivity index (χ1n) is 17.0. The lowest BCUT2D eigenvalue weighted by Crippen LogP contribution is -2.42. The zero-order chi connectivity index (χ0) is 34.3. The van der Waals surface area contributed by atoms with Crippen molar-refractivity contribution < 1.29 is 13.6 Å². The van der Waals surface area contributed by atoms with Crippen molar-refractivity contribution in [2.24, 2.45) is 0 Å². The summed E-state index contributed by atoms with van der Waals surface area (Å²) in [5.74, 6) is -1.41. The maximum Gasteiger partial charge on any atom is 0.254 e. The van der Waals surface area contributed by atoms with Gasteiger partial charge in [0.25, 0.3) is 5.91 Å². The summed E-state index contributed by atoms with van der Waals surface area (Å²) in [5, 5.41) is 5.37. The fourth-order valence-corrected chi connectivity index (χ4v) is 8.45. The van der Waals surface area contributed by atoms with E-state index in [1.807, 2.05) is 84.9 Å². The molecule has 2 aromatic heterocycles. The number of benzene rings is 6. The zero-order valence-electron chi connectivity index (χ0n) is 27.2. The summed E-state index contributed by atoms with van der Waals surface area (Å²) in [5.41, 5.74) is 9.43. The lowest BCUT2D eigenvalue weighted by molar-refractivity contribution is 0.0937. The number of nitrogens with zero attached hydrogens (tertiary/aromatic N) is 1. The van der Waals surface area contributed by atoms with E-state index in [9.17, 15) is 4.79 Å². The molecule has 0 fully saturated rings. The highest BCUT2D eigenvalue weighted by Crippen LogP contribution is 2.54. The Hall–Kier alpha value is -6.53. The van der Waals surface area contributed by atoms with Crippen LogP contribution in [0.4, 0.5) is 8.78 Å². The van der Waals surface area contributed by atoms with E-state index < -0.39 is 11.6 Å². The van der Waals surface area contributed by atoms with Gasteiger partial charge in [-0.15, -0.1) is 0 Å². The average molecular weight is 666 g/mol. The second-order valence-electron chi connectivity index (χ2n) is 13.3. The van der Waals surface area contributed by atoms with Crippen molar-refractivity contribution in [1.29, 1.82) is 0 Å². The van der Waals surface area contributed by atoms with Gasteiger partial charge in [-0.25, -0.2) is 8.78 Å². The number of hydrogen-bond acceptors (Lipinski definition) is 1. The fourth-order valence-electron chi connectivity index (χ4n) is 8.45. The lowest BCUT2D eigenvalue weighted by Gasteiger charge is -2.27. The number of fused-ring (bicyclic) bond motifs is 7. The number of carbonyl (C=O) groups excluding carboxylic acids is 1. The summed E-state index contributed by atoms with van der Waals surface area (Å²) in [4.78, 5) is 17.5. The lowest BCUT2D eigenvalue weighted by atomic mass is 9.83. The van der Waals surface area contributed by atoms with Crippen LogP contribution in [0.5, 0.6) is 0 Å². The molecule has 0 aliphatic carbocycles. The van der Waals surface area contributed by atoms with Crippen LogP contribution in [-0.4, -0.2) is 15.5 Å². The van der Waals surface area contributed by atoms with Crippen molar-refractivity contribution >= 4 is 33.3 Å². The minimum Gasteiger partial charge on any atom is -0.357 e. The number of aromatic amines is 1. The molecule has 1 atom stereocenters. The topological polar surface area (TPSA) is 49.8 Å². The van der Waals surface area contributed by atoms with Crippen LogP contribution < -0.4 is 5.32 Å². The van der Waals surface area contributed by atoms with Crippen molar-refractivity contribution in [2.75, 3.05) is 0 Å². The molecule has 2 N–H and O–H groups in total. The number of rotatable bonds is 5. The van der Waals surface area contributed by atoms with E-state index in [0.29, 0.717) is 16.7 Å².